The summed E-state index contributed by atoms with van der Waals surface area (Å²) >= 11 is 1.79. The first-order valence-electron chi connectivity index (χ1n) is 38.2. The standard InChI is InChI=1S/C16H16.C11H13N.C10H8.C8H6O.C8H6S.C7H6N2.2C5H10.C5H12.5C4H10.2CH3.Fe/c1-2-14-4-3-13(1)9-10-15-5-7-16(8-6-15)12-11-14;1-8(2)11-7-9-5-3-4-6-10(9)12-11;1-2-6-10-8-4-3-7-9(10)5-1;2*1-2-4-8-7(3-1)5-6-9-8;1-2-6-9-7(3-1)4-5-8-9;2*1-2-4-5-3-1;1-5(2,3)4;5*1-4(2)3;;;/h1-8H,9-12H2;3-6,8H,7H2,1-2H3;1-8H;3*1-6H;2*1-5H2;1-4H3;5*4H,1-3H3;2*1H3;/q;;;;;;;;;;;;;;2*-1;+2. The summed E-state index contributed by atoms with van der Waals surface area (Å²) in [5.74, 6) is 4.75. The maximum Gasteiger partial charge on any atom is 2.00 e. The Balaban J connectivity index is 0. The molecule has 0 amide bonds. The van der Waals surface area contributed by atoms with Crippen molar-refractivity contribution >= 4 is 60.1 Å². The van der Waals surface area contributed by atoms with E-state index in [1.54, 1.807) is 23.8 Å². The number of hydrogen-bond donors (Lipinski definition) is 0. The molecule has 0 saturated heterocycles. The molecule has 0 spiro atoms. The summed E-state index contributed by atoms with van der Waals surface area (Å²) in [4.78, 5) is 4.57. The molecular weight excluding hydrogens is 1310 g/mol. The van der Waals surface area contributed by atoms with E-state index in [1.165, 1.54) is 124 Å². The number of pyridine rings is 1. The molecule has 5 heterocycles. The van der Waals surface area contributed by atoms with Crippen LogP contribution in [-0.2, 0) is 49.2 Å². The summed E-state index contributed by atoms with van der Waals surface area (Å²) in [6.45, 7) is 45.6. The average Bonchev–Trinajstić information content (AvgIpc) is 1.74. The van der Waals surface area contributed by atoms with Gasteiger partial charge in [0.2, 0.25) is 0 Å². The van der Waals surface area contributed by atoms with Crippen molar-refractivity contribution in [2.24, 2.45) is 45.9 Å². The molecule has 0 unspecified atom stereocenters. The molecule has 1 aliphatic heterocycles. The van der Waals surface area contributed by atoms with Crippen LogP contribution in [0.15, 0.2) is 240 Å². The van der Waals surface area contributed by atoms with Crippen LogP contribution in [0.1, 0.15) is 237 Å². The van der Waals surface area contributed by atoms with Gasteiger partial charge >= 0.3 is 17.1 Å². The van der Waals surface area contributed by atoms with Gasteiger partial charge in [-0.05, 0) is 164 Å². The van der Waals surface area contributed by atoms with E-state index in [0.29, 0.717) is 11.3 Å². The fourth-order valence-corrected chi connectivity index (χ4v) is 10.2. The molecule has 11 aromatic rings. The number of para-hydroxylation sites is 2. The van der Waals surface area contributed by atoms with Crippen LogP contribution in [0.25, 0.3) is 37.3 Å². The van der Waals surface area contributed by atoms with Gasteiger partial charge in [-0.1, -0.05) is 367 Å². The molecule has 4 aromatic heterocycles. The minimum Gasteiger partial charge on any atom is -0.464 e. The Morgan fingerprint density at radius 2 is 0.718 bits per heavy atom. The van der Waals surface area contributed by atoms with E-state index in [0.717, 1.165) is 78.2 Å². The summed E-state index contributed by atoms with van der Waals surface area (Å²) in [5.41, 5.74) is 12.3. The van der Waals surface area contributed by atoms with Crippen LogP contribution in [0.2, 0.25) is 0 Å². The molecule has 566 valence electrons. The van der Waals surface area contributed by atoms with Crippen molar-refractivity contribution in [2.45, 2.75) is 242 Å². The second-order valence-corrected chi connectivity index (χ2v) is 32.5. The molecule has 6 heteroatoms. The molecule has 2 saturated carbocycles. The van der Waals surface area contributed by atoms with Gasteiger partial charge in [-0.3, -0.25) is 4.99 Å². The summed E-state index contributed by atoms with van der Waals surface area (Å²) in [7, 11) is 0. The molecule has 0 N–H and O–H groups in total. The van der Waals surface area contributed by atoms with Gasteiger partial charge in [0.25, 0.3) is 0 Å². The van der Waals surface area contributed by atoms with E-state index in [1.807, 2.05) is 71.4 Å². The van der Waals surface area contributed by atoms with Crippen molar-refractivity contribution in [3.8, 4) is 0 Å². The largest absolute Gasteiger partial charge is 2.00 e. The maximum atomic E-state index is 5.12. The van der Waals surface area contributed by atoms with Crippen LogP contribution < -0.4 is 0 Å². The van der Waals surface area contributed by atoms with Crippen molar-refractivity contribution in [2.75, 3.05) is 0 Å². The number of fused-ring (bicyclic) bond motifs is 5. The minimum atomic E-state index is 0. The zero-order chi connectivity index (χ0) is 73.9. The van der Waals surface area contributed by atoms with E-state index in [2.05, 4.69) is 306 Å². The SMILES string of the molecule is C1CCCC1.C1CCCC1.CC(C)(C)C.CC(C)C.CC(C)C.CC(C)C.CC(C)C.CC(C)C.CC(C)C1=Nc2ccccc2C1.[CH3-].[CH3-].[Fe+2].c1cc2ccc1CCc1ccc(cc1)CC2.c1ccc2ccccc2c1.c1ccc2occc2c1.c1ccc2sccc2c1.c1ccn2nccc2c1. The molecule has 7 aliphatic rings. The van der Waals surface area contributed by atoms with E-state index in [4.69, 9.17) is 4.42 Å². The van der Waals surface area contributed by atoms with Crippen LogP contribution in [0, 0.1) is 55.8 Å². The molecule has 7 aromatic carbocycles. The zero-order valence-electron chi connectivity index (χ0n) is 69.0. The first kappa shape index (κ1) is 98.2. The fourth-order valence-electron chi connectivity index (χ4n) is 9.39. The number of furan rings is 1. The van der Waals surface area contributed by atoms with Crippen molar-refractivity contribution in [3.05, 3.63) is 273 Å². The average molecular weight is 1460 g/mol. The predicted octanol–water partition coefficient (Wildman–Crippen LogP) is 31.2. The number of nitrogens with zero attached hydrogens (tertiary/aromatic N) is 3. The Bertz CT molecular complexity index is 3250. The Morgan fingerprint density at radius 1 is 0.379 bits per heavy atom. The van der Waals surface area contributed by atoms with Crippen molar-refractivity contribution in [1.82, 2.24) is 9.61 Å². The van der Waals surface area contributed by atoms with Crippen LogP contribution in [0.4, 0.5) is 5.69 Å². The van der Waals surface area contributed by atoms with Gasteiger partial charge < -0.3 is 19.3 Å². The van der Waals surface area contributed by atoms with E-state index >= 15 is 0 Å². The number of aryl methyl sites for hydroxylation is 4. The molecule has 0 atom stereocenters. The molecule has 2 fully saturated rings. The van der Waals surface area contributed by atoms with Crippen molar-refractivity contribution < 1.29 is 21.5 Å². The molecule has 6 aliphatic carbocycles. The second-order valence-electron chi connectivity index (χ2n) is 31.6. The van der Waals surface area contributed by atoms with Gasteiger partial charge in [0.1, 0.15) is 5.58 Å². The summed E-state index contributed by atoms with van der Waals surface area (Å²) in [5, 5.41) is 11.3. The zero-order valence-corrected chi connectivity index (χ0v) is 70.9. The first-order valence-corrected chi connectivity index (χ1v) is 39.1. The quantitative estimate of drug-likeness (QED) is 0.121. The maximum absolute atomic E-state index is 5.12. The molecule has 0 radical (unpaired) electrons. The van der Waals surface area contributed by atoms with Gasteiger partial charge in [-0.25, -0.2) is 4.52 Å². The normalized spacial score (nSPS) is 12.3. The van der Waals surface area contributed by atoms with E-state index in [-0.39, 0.29) is 31.9 Å². The number of benzene rings is 7. The topological polar surface area (TPSA) is 42.8 Å². The van der Waals surface area contributed by atoms with Crippen LogP contribution in [-0.4, -0.2) is 15.3 Å². The number of hydrogen-bond acceptors (Lipinski definition) is 4. The van der Waals surface area contributed by atoms with Crippen LogP contribution >= 0.6 is 11.3 Å². The molecular formula is C97H143FeN3OS. The van der Waals surface area contributed by atoms with Crippen molar-refractivity contribution in [1.29, 1.82) is 0 Å². The van der Waals surface area contributed by atoms with E-state index < -0.39 is 0 Å². The Morgan fingerprint density at radius 3 is 1.08 bits per heavy atom. The molecule has 18 rings (SSSR count). The van der Waals surface area contributed by atoms with E-state index in [9.17, 15) is 0 Å². The Kier molecular flexibility index (Phi) is 56.7. The third-order valence-electron chi connectivity index (χ3n) is 13.9. The summed E-state index contributed by atoms with van der Waals surface area (Å²) < 4.78 is 8.32. The van der Waals surface area contributed by atoms with Gasteiger partial charge in [-0.15, -0.1) is 11.3 Å². The second kappa shape index (κ2) is 59.4. The number of aliphatic imine (C=N–C) groups is 1. The fraction of sp³-hybridized carbons (Fsp3) is 0.443. The minimum absolute atomic E-state index is 0. The number of rotatable bonds is 1. The Hall–Kier alpha value is -6.82. The summed E-state index contributed by atoms with van der Waals surface area (Å²) in [6, 6.07) is 71.7. The molecule has 4 bridgehead atoms. The summed E-state index contributed by atoms with van der Waals surface area (Å²) in [6.07, 6.45) is 26.1. The van der Waals surface area contributed by atoms with Crippen molar-refractivity contribution in [3.63, 3.8) is 0 Å². The van der Waals surface area contributed by atoms with Gasteiger partial charge in [0.05, 0.1) is 17.5 Å². The first-order chi connectivity index (χ1) is 47.7. The third kappa shape index (κ3) is 52.7. The predicted molar refractivity (Wildman–Crippen MR) is 464 cm³/mol. The van der Waals surface area contributed by atoms with Crippen LogP contribution in [0.3, 0.4) is 0 Å². The smallest absolute Gasteiger partial charge is 0.464 e. The number of aromatic nitrogens is 2. The number of thiophene rings is 1. The van der Waals surface area contributed by atoms with Gasteiger partial charge in [0, 0.05) is 34.6 Å². The third-order valence-corrected chi connectivity index (χ3v) is 14.8. The molecule has 103 heavy (non-hydrogen) atoms. The molecule has 4 nitrogen and oxygen atoms in total. The Labute approximate surface area is 647 Å². The van der Waals surface area contributed by atoms with Gasteiger partial charge in [-0.2, -0.15) is 5.10 Å². The monoisotopic (exact) mass is 1450 g/mol. The van der Waals surface area contributed by atoms with Crippen LogP contribution in [0.5, 0.6) is 0 Å². The van der Waals surface area contributed by atoms with Gasteiger partial charge in [0.15, 0.2) is 0 Å².